The molecule has 0 amide bonds. The molecule has 1 N–H and O–H groups in total. The van der Waals surface area contributed by atoms with Crippen LogP contribution in [0.2, 0.25) is 0 Å². The molecule has 1 aliphatic carbocycles. The van der Waals surface area contributed by atoms with Crippen molar-refractivity contribution in [2.45, 2.75) is 73.6 Å². The highest BCUT2D eigenvalue weighted by Gasteiger charge is 2.22. The number of hydrogen-bond donors (Lipinski definition) is 1. The van der Waals surface area contributed by atoms with Crippen LogP contribution in [0.4, 0.5) is 0 Å². The lowest BCUT2D eigenvalue weighted by atomic mass is 9.78. The molecule has 1 heteroatoms. The zero-order valence-electron chi connectivity index (χ0n) is 17.4. The van der Waals surface area contributed by atoms with E-state index in [1.807, 2.05) is 0 Å². The molecular formula is C24H36O. The molecule has 0 aromatic heterocycles. The van der Waals surface area contributed by atoms with Crippen molar-refractivity contribution in [2.75, 3.05) is 0 Å². The van der Waals surface area contributed by atoms with E-state index in [-0.39, 0.29) is 0 Å². The molecule has 0 saturated heterocycles. The number of allylic oxidation sites excluding steroid dienone is 4. The molecule has 1 aliphatic rings. The molecule has 1 atom stereocenters. The summed E-state index contributed by atoms with van der Waals surface area (Å²) in [4.78, 5) is 0. The minimum absolute atomic E-state index is 0.316. The van der Waals surface area contributed by atoms with Crippen molar-refractivity contribution in [1.29, 1.82) is 0 Å². The average Bonchev–Trinajstić information content (AvgIpc) is 2.53. The van der Waals surface area contributed by atoms with Crippen LogP contribution in [0, 0.1) is 17.8 Å². The van der Waals surface area contributed by atoms with E-state index in [0.717, 1.165) is 11.1 Å². The molecule has 1 aromatic rings. The predicted octanol–water partition coefficient (Wildman–Crippen LogP) is 7.28. The van der Waals surface area contributed by atoms with Gasteiger partial charge in [-0.25, -0.2) is 0 Å². The molecule has 2 rings (SSSR count). The fourth-order valence-corrected chi connectivity index (χ4v) is 3.61. The molecule has 138 valence electrons. The lowest BCUT2D eigenvalue weighted by Crippen LogP contribution is -2.13. The van der Waals surface area contributed by atoms with E-state index in [2.05, 4.69) is 79.7 Å². The van der Waals surface area contributed by atoms with Gasteiger partial charge in [-0.3, -0.25) is 0 Å². The van der Waals surface area contributed by atoms with Gasteiger partial charge in [0.05, 0.1) is 0 Å². The highest BCUT2D eigenvalue weighted by molar-refractivity contribution is 5.78. The monoisotopic (exact) mass is 340 g/mol. The second-order valence-electron chi connectivity index (χ2n) is 8.92. The Bertz CT molecular complexity index is 642. The first-order valence-corrected chi connectivity index (χ1v) is 9.91. The molecule has 0 radical (unpaired) electrons. The largest absolute Gasteiger partial charge is 0.507 e. The van der Waals surface area contributed by atoms with Crippen LogP contribution in [0.15, 0.2) is 29.9 Å². The minimum Gasteiger partial charge on any atom is -0.507 e. The summed E-state index contributed by atoms with van der Waals surface area (Å²) in [5.74, 6) is 2.93. The number of phenolic OH excluding ortho intramolecular Hbond substituents is 1. The lowest BCUT2D eigenvalue weighted by molar-refractivity contribution is 0.444. The first-order chi connectivity index (χ1) is 11.6. The lowest BCUT2D eigenvalue weighted by Gasteiger charge is -2.27. The highest BCUT2D eigenvalue weighted by Crippen LogP contribution is 2.40. The third kappa shape index (κ3) is 4.37. The Balaban J connectivity index is 2.62. The zero-order valence-corrected chi connectivity index (χ0v) is 17.4. The number of aromatic hydroxyl groups is 1. The maximum Gasteiger partial charge on any atom is 0.122 e. The Morgan fingerprint density at radius 2 is 1.36 bits per heavy atom. The van der Waals surface area contributed by atoms with Gasteiger partial charge in [0.25, 0.3) is 0 Å². The second-order valence-corrected chi connectivity index (χ2v) is 8.92. The summed E-state index contributed by atoms with van der Waals surface area (Å²) in [6, 6.07) is 4.41. The van der Waals surface area contributed by atoms with E-state index in [4.69, 9.17) is 0 Å². The van der Waals surface area contributed by atoms with Crippen molar-refractivity contribution >= 4 is 5.57 Å². The summed E-state index contributed by atoms with van der Waals surface area (Å²) in [5, 5.41) is 10.7. The van der Waals surface area contributed by atoms with Gasteiger partial charge in [-0.05, 0) is 70.4 Å². The van der Waals surface area contributed by atoms with Crippen molar-refractivity contribution in [1.82, 2.24) is 0 Å². The summed E-state index contributed by atoms with van der Waals surface area (Å²) < 4.78 is 0. The van der Waals surface area contributed by atoms with Crippen molar-refractivity contribution in [2.24, 2.45) is 17.8 Å². The third-order valence-electron chi connectivity index (χ3n) is 5.55. The van der Waals surface area contributed by atoms with E-state index < -0.39 is 0 Å². The van der Waals surface area contributed by atoms with E-state index in [9.17, 15) is 5.11 Å². The quantitative estimate of drug-likeness (QED) is 0.597. The Morgan fingerprint density at radius 3 is 1.76 bits per heavy atom. The summed E-state index contributed by atoms with van der Waals surface area (Å²) in [7, 11) is 0. The summed E-state index contributed by atoms with van der Waals surface area (Å²) in [5.41, 5.74) is 6.26. The maximum atomic E-state index is 10.7. The normalized spacial score (nSPS) is 18.3. The average molecular weight is 341 g/mol. The Labute approximate surface area is 154 Å². The molecule has 0 aliphatic heterocycles. The van der Waals surface area contributed by atoms with Gasteiger partial charge in [0.1, 0.15) is 5.75 Å². The van der Waals surface area contributed by atoms with Gasteiger partial charge in [0.2, 0.25) is 0 Å². The molecule has 0 fully saturated rings. The van der Waals surface area contributed by atoms with Gasteiger partial charge in [0.15, 0.2) is 0 Å². The first kappa shape index (κ1) is 19.8. The highest BCUT2D eigenvalue weighted by atomic mass is 16.3. The minimum atomic E-state index is 0.316. The van der Waals surface area contributed by atoms with Crippen LogP contribution < -0.4 is 0 Å². The summed E-state index contributed by atoms with van der Waals surface area (Å²) >= 11 is 0. The smallest absolute Gasteiger partial charge is 0.122 e. The number of phenols is 1. The van der Waals surface area contributed by atoms with Crippen molar-refractivity contribution < 1.29 is 5.11 Å². The standard InChI is InChI=1S/C24H36O/c1-14(2)18-9-19(15(3)4)11-20(10-18)21-12-22(16(5)6)24(25)23(13-21)17(7)8/h10-18,25H,9H2,1-8H3. The SMILES string of the molecule is CC(C)C1=CC(c2cc(C(C)C)c(O)c(C(C)C)c2)=CC(C(C)C)C1. The first-order valence-electron chi connectivity index (χ1n) is 9.91. The summed E-state index contributed by atoms with van der Waals surface area (Å²) in [6.45, 7) is 17.9. The van der Waals surface area contributed by atoms with Crippen LogP contribution in [0.1, 0.15) is 90.3 Å². The van der Waals surface area contributed by atoms with Crippen LogP contribution in [0.25, 0.3) is 5.57 Å². The van der Waals surface area contributed by atoms with Gasteiger partial charge >= 0.3 is 0 Å². The van der Waals surface area contributed by atoms with Crippen molar-refractivity contribution in [3.8, 4) is 5.75 Å². The van der Waals surface area contributed by atoms with Gasteiger partial charge in [-0.15, -0.1) is 0 Å². The van der Waals surface area contributed by atoms with Crippen LogP contribution in [0.3, 0.4) is 0 Å². The molecule has 1 unspecified atom stereocenters. The predicted molar refractivity (Wildman–Crippen MR) is 110 cm³/mol. The van der Waals surface area contributed by atoms with Gasteiger partial charge < -0.3 is 5.11 Å². The second kappa shape index (κ2) is 7.81. The molecule has 25 heavy (non-hydrogen) atoms. The molecule has 1 nitrogen and oxygen atoms in total. The van der Waals surface area contributed by atoms with E-state index in [0.29, 0.717) is 35.3 Å². The van der Waals surface area contributed by atoms with Gasteiger partial charge in [-0.2, -0.15) is 0 Å². The molecule has 1 aromatic carbocycles. The fourth-order valence-electron chi connectivity index (χ4n) is 3.61. The third-order valence-corrected chi connectivity index (χ3v) is 5.55. The maximum absolute atomic E-state index is 10.7. The number of benzene rings is 1. The molecule has 0 heterocycles. The Morgan fingerprint density at radius 1 is 0.840 bits per heavy atom. The van der Waals surface area contributed by atoms with Crippen LogP contribution >= 0.6 is 0 Å². The van der Waals surface area contributed by atoms with E-state index in [1.54, 1.807) is 5.57 Å². The van der Waals surface area contributed by atoms with E-state index >= 15 is 0 Å². The molecule has 0 bridgehead atoms. The van der Waals surface area contributed by atoms with Gasteiger partial charge in [-0.1, -0.05) is 73.1 Å². The number of rotatable bonds is 5. The molecule has 0 spiro atoms. The topological polar surface area (TPSA) is 20.2 Å². The number of hydrogen-bond acceptors (Lipinski definition) is 1. The van der Waals surface area contributed by atoms with Crippen molar-refractivity contribution in [3.63, 3.8) is 0 Å². The molecule has 0 saturated carbocycles. The van der Waals surface area contributed by atoms with Gasteiger partial charge in [0, 0.05) is 0 Å². The summed E-state index contributed by atoms with van der Waals surface area (Å²) in [6.07, 6.45) is 6.02. The fraction of sp³-hybridized carbons (Fsp3) is 0.583. The van der Waals surface area contributed by atoms with Crippen LogP contribution in [-0.2, 0) is 0 Å². The van der Waals surface area contributed by atoms with Crippen LogP contribution in [0.5, 0.6) is 5.75 Å². The molecular weight excluding hydrogens is 304 g/mol. The Kier molecular flexibility index (Phi) is 6.19. The Hall–Kier alpha value is -1.50. The van der Waals surface area contributed by atoms with Crippen molar-refractivity contribution in [3.05, 3.63) is 46.5 Å². The van der Waals surface area contributed by atoms with E-state index in [1.165, 1.54) is 17.6 Å². The zero-order chi connectivity index (χ0) is 18.9. The van der Waals surface area contributed by atoms with Crippen LogP contribution in [-0.4, -0.2) is 5.11 Å².